The van der Waals surface area contributed by atoms with Gasteiger partial charge in [0, 0.05) is 32.2 Å². The summed E-state index contributed by atoms with van der Waals surface area (Å²) < 4.78 is 5.88. The van der Waals surface area contributed by atoms with Crippen molar-refractivity contribution in [2.75, 3.05) is 32.6 Å². The zero-order valence-corrected chi connectivity index (χ0v) is 18.0. The van der Waals surface area contributed by atoms with Gasteiger partial charge in [-0.2, -0.15) is 0 Å². The SMILES string of the molecule is CN(C)C(=O)c1ccc2c(c1)N(C)[C@H](CC(=O)NC1(CC(C)(C)C)CC1)CO2. The van der Waals surface area contributed by atoms with Crippen molar-refractivity contribution in [3.05, 3.63) is 23.8 Å². The molecule has 0 bridgehead atoms. The topological polar surface area (TPSA) is 61.9 Å². The van der Waals surface area contributed by atoms with Gasteiger partial charge in [0.25, 0.3) is 5.91 Å². The van der Waals surface area contributed by atoms with Crippen molar-refractivity contribution in [3.63, 3.8) is 0 Å². The third kappa shape index (κ3) is 4.59. The molecule has 0 radical (unpaired) electrons. The van der Waals surface area contributed by atoms with Crippen LogP contribution >= 0.6 is 0 Å². The molecular formula is C22H33N3O3. The first-order chi connectivity index (χ1) is 13.0. The van der Waals surface area contributed by atoms with Crippen LogP contribution in [0.25, 0.3) is 0 Å². The molecule has 1 aromatic carbocycles. The molecule has 6 nitrogen and oxygen atoms in total. The van der Waals surface area contributed by atoms with E-state index in [0.717, 1.165) is 30.7 Å². The predicted molar refractivity (Wildman–Crippen MR) is 111 cm³/mol. The van der Waals surface area contributed by atoms with E-state index in [1.54, 1.807) is 25.1 Å². The van der Waals surface area contributed by atoms with Gasteiger partial charge in [0.15, 0.2) is 0 Å². The number of rotatable bonds is 5. The van der Waals surface area contributed by atoms with E-state index < -0.39 is 0 Å². The maximum atomic E-state index is 12.7. The number of nitrogens with one attached hydrogen (secondary N) is 1. The first-order valence-electron chi connectivity index (χ1n) is 10.0. The summed E-state index contributed by atoms with van der Waals surface area (Å²) in [5.41, 5.74) is 1.65. The standard InChI is InChI=1S/C22H33N3O3/c1-21(2,3)14-22(9-10-22)23-19(26)12-16-13-28-18-8-7-15(20(27)24(4)5)11-17(18)25(16)6/h7-8,11,16H,9-10,12-14H2,1-6H3,(H,23,26)/t16-/m1/s1. The quantitative estimate of drug-likeness (QED) is 0.844. The monoisotopic (exact) mass is 387 g/mol. The van der Waals surface area contributed by atoms with Crippen LogP contribution in [0.2, 0.25) is 0 Å². The summed E-state index contributed by atoms with van der Waals surface area (Å²) in [4.78, 5) is 28.6. The molecule has 1 heterocycles. The van der Waals surface area contributed by atoms with E-state index >= 15 is 0 Å². The van der Waals surface area contributed by atoms with E-state index in [2.05, 4.69) is 31.0 Å². The molecule has 6 heteroatoms. The molecule has 0 unspecified atom stereocenters. The zero-order chi connectivity index (χ0) is 20.7. The Hall–Kier alpha value is -2.24. The molecule has 0 spiro atoms. The van der Waals surface area contributed by atoms with Crippen LogP contribution in [-0.4, -0.2) is 56.0 Å². The molecule has 0 aromatic heterocycles. The lowest BCUT2D eigenvalue weighted by Crippen LogP contribution is -2.46. The van der Waals surface area contributed by atoms with Gasteiger partial charge in [-0.1, -0.05) is 20.8 Å². The third-order valence-electron chi connectivity index (χ3n) is 5.52. The van der Waals surface area contributed by atoms with Crippen LogP contribution in [0.15, 0.2) is 18.2 Å². The Bertz CT molecular complexity index is 763. The van der Waals surface area contributed by atoms with Crippen molar-refractivity contribution in [3.8, 4) is 5.75 Å². The van der Waals surface area contributed by atoms with Crippen LogP contribution in [0.4, 0.5) is 5.69 Å². The molecule has 1 N–H and O–H groups in total. The lowest BCUT2D eigenvalue weighted by molar-refractivity contribution is -0.122. The average Bonchev–Trinajstić information content (AvgIpc) is 3.33. The Morgan fingerprint density at radius 2 is 1.96 bits per heavy atom. The van der Waals surface area contributed by atoms with Crippen LogP contribution in [-0.2, 0) is 4.79 Å². The van der Waals surface area contributed by atoms with Gasteiger partial charge >= 0.3 is 0 Å². The predicted octanol–water partition coefficient (Wildman–Crippen LogP) is 3.06. The van der Waals surface area contributed by atoms with Crippen molar-refractivity contribution in [2.24, 2.45) is 5.41 Å². The van der Waals surface area contributed by atoms with Crippen LogP contribution in [0.5, 0.6) is 5.75 Å². The van der Waals surface area contributed by atoms with Gasteiger partial charge in [0.05, 0.1) is 18.2 Å². The number of carbonyl (C=O) groups is 2. The first-order valence-corrected chi connectivity index (χ1v) is 10.0. The second-order valence-electron chi connectivity index (χ2n) is 9.73. The Labute approximate surface area is 168 Å². The maximum Gasteiger partial charge on any atom is 0.253 e. The second kappa shape index (κ2) is 7.30. The normalized spacial score (nSPS) is 20.1. The van der Waals surface area contributed by atoms with E-state index in [1.165, 1.54) is 0 Å². The minimum atomic E-state index is -0.0531. The van der Waals surface area contributed by atoms with Gasteiger partial charge in [-0.15, -0.1) is 0 Å². The van der Waals surface area contributed by atoms with Crippen LogP contribution < -0.4 is 15.0 Å². The lowest BCUT2D eigenvalue weighted by atomic mass is 9.86. The van der Waals surface area contributed by atoms with Gasteiger partial charge in [0.1, 0.15) is 12.4 Å². The van der Waals surface area contributed by atoms with Crippen molar-refractivity contribution < 1.29 is 14.3 Å². The lowest BCUT2D eigenvalue weighted by Gasteiger charge is -2.36. The Balaban J connectivity index is 1.67. The number of hydrogen-bond donors (Lipinski definition) is 1. The van der Waals surface area contributed by atoms with E-state index in [-0.39, 0.29) is 28.8 Å². The molecule has 0 saturated heterocycles. The highest BCUT2D eigenvalue weighted by Gasteiger charge is 2.46. The zero-order valence-electron chi connectivity index (χ0n) is 18.0. The number of amides is 2. The summed E-state index contributed by atoms with van der Waals surface area (Å²) in [7, 11) is 5.44. The highest BCUT2D eigenvalue weighted by Crippen LogP contribution is 2.44. The molecule has 1 fully saturated rings. The second-order valence-corrected chi connectivity index (χ2v) is 9.73. The number of anilines is 1. The molecule has 1 aromatic rings. The third-order valence-corrected chi connectivity index (χ3v) is 5.52. The van der Waals surface area contributed by atoms with Crippen molar-refractivity contribution in [1.29, 1.82) is 0 Å². The van der Waals surface area contributed by atoms with E-state index in [1.807, 2.05) is 19.2 Å². The van der Waals surface area contributed by atoms with Crippen LogP contribution in [0.1, 0.15) is 56.8 Å². The maximum absolute atomic E-state index is 12.7. The van der Waals surface area contributed by atoms with Crippen molar-refractivity contribution in [1.82, 2.24) is 10.2 Å². The smallest absolute Gasteiger partial charge is 0.253 e. The summed E-state index contributed by atoms with van der Waals surface area (Å²) in [6, 6.07) is 5.42. The highest BCUT2D eigenvalue weighted by molar-refractivity contribution is 5.95. The number of hydrogen-bond acceptors (Lipinski definition) is 4. The Morgan fingerprint density at radius 1 is 1.29 bits per heavy atom. The summed E-state index contributed by atoms with van der Waals surface area (Å²) in [5, 5.41) is 3.28. The molecule has 154 valence electrons. The number of carbonyl (C=O) groups excluding carboxylic acids is 2. The summed E-state index contributed by atoms with van der Waals surface area (Å²) in [5.74, 6) is 0.779. The fourth-order valence-corrected chi connectivity index (χ4v) is 4.07. The first kappa shape index (κ1) is 20.5. The minimum Gasteiger partial charge on any atom is -0.489 e. The van der Waals surface area contributed by atoms with E-state index in [4.69, 9.17) is 4.74 Å². The fraction of sp³-hybridized carbons (Fsp3) is 0.636. The van der Waals surface area contributed by atoms with Crippen LogP contribution in [0, 0.1) is 5.41 Å². The van der Waals surface area contributed by atoms with E-state index in [9.17, 15) is 9.59 Å². The number of benzene rings is 1. The summed E-state index contributed by atoms with van der Waals surface area (Å²) in [6.07, 6.45) is 3.51. The van der Waals surface area contributed by atoms with Crippen LogP contribution in [0.3, 0.4) is 0 Å². The van der Waals surface area contributed by atoms with Crippen molar-refractivity contribution >= 4 is 17.5 Å². The van der Waals surface area contributed by atoms with Gasteiger partial charge < -0.3 is 19.9 Å². The van der Waals surface area contributed by atoms with E-state index in [0.29, 0.717) is 18.6 Å². The summed E-state index contributed by atoms with van der Waals surface area (Å²) in [6.45, 7) is 7.10. The highest BCUT2D eigenvalue weighted by atomic mass is 16.5. The molecule has 1 saturated carbocycles. The van der Waals surface area contributed by atoms with Gasteiger partial charge in [-0.3, -0.25) is 9.59 Å². The fourth-order valence-electron chi connectivity index (χ4n) is 4.07. The van der Waals surface area contributed by atoms with Crippen molar-refractivity contribution in [2.45, 2.75) is 58.0 Å². The van der Waals surface area contributed by atoms with Gasteiger partial charge in [-0.25, -0.2) is 0 Å². The number of ether oxygens (including phenoxy) is 1. The largest absolute Gasteiger partial charge is 0.489 e. The minimum absolute atomic E-state index is 0.0212. The molecule has 1 atom stereocenters. The number of fused-ring (bicyclic) bond motifs is 1. The molecule has 28 heavy (non-hydrogen) atoms. The number of nitrogens with zero attached hydrogens (tertiary/aromatic N) is 2. The Morgan fingerprint density at radius 3 is 2.54 bits per heavy atom. The van der Waals surface area contributed by atoms with Gasteiger partial charge in [-0.05, 0) is 42.9 Å². The summed E-state index contributed by atoms with van der Waals surface area (Å²) >= 11 is 0. The molecule has 2 amide bonds. The number of likely N-dealkylation sites (N-methyl/N-ethyl adjacent to an activating group) is 1. The molecule has 1 aliphatic carbocycles. The molecule has 1 aliphatic heterocycles. The Kier molecular flexibility index (Phi) is 5.34. The molecular weight excluding hydrogens is 354 g/mol. The average molecular weight is 388 g/mol. The molecule has 3 rings (SSSR count). The molecule has 2 aliphatic rings. The van der Waals surface area contributed by atoms with Gasteiger partial charge in [0.2, 0.25) is 5.91 Å².